The predicted molar refractivity (Wildman–Crippen MR) is 125 cm³/mol. The summed E-state index contributed by atoms with van der Waals surface area (Å²) in [6, 6.07) is 9.97. The minimum absolute atomic E-state index is 0.0389. The van der Waals surface area contributed by atoms with Crippen molar-refractivity contribution in [2.45, 2.75) is 12.1 Å². The van der Waals surface area contributed by atoms with E-state index in [9.17, 15) is 9.90 Å². The molecular weight excluding hydrogens is 468 g/mol. The molecule has 0 saturated carbocycles. The molecule has 0 aliphatic rings. The first-order chi connectivity index (χ1) is 15.9. The summed E-state index contributed by atoms with van der Waals surface area (Å²) in [5.74, 6) is 2.78. The summed E-state index contributed by atoms with van der Waals surface area (Å²) in [7, 11) is 1.50. The molecule has 0 saturated heterocycles. The minimum atomic E-state index is -1.16. The van der Waals surface area contributed by atoms with Crippen LogP contribution in [0, 0.1) is 12.3 Å². The van der Waals surface area contributed by atoms with E-state index in [1.165, 1.54) is 13.2 Å². The molecule has 1 heterocycles. The lowest BCUT2D eigenvalue weighted by Crippen LogP contribution is -2.00. The highest BCUT2D eigenvalue weighted by Crippen LogP contribution is 2.36. The average Bonchev–Trinajstić information content (AvgIpc) is 3.26. The number of ether oxygens (including phenoxy) is 3. The van der Waals surface area contributed by atoms with Crippen LogP contribution in [0.25, 0.3) is 17.5 Å². The van der Waals surface area contributed by atoms with E-state index in [1.54, 1.807) is 36.4 Å². The number of aromatic nitrogens is 2. The van der Waals surface area contributed by atoms with Gasteiger partial charge in [0.05, 0.1) is 19.3 Å². The topological polar surface area (TPSA) is 104 Å². The van der Waals surface area contributed by atoms with E-state index >= 15 is 0 Å². The molecule has 8 nitrogen and oxygen atoms in total. The smallest absolute Gasteiger partial charge is 0.342 e. The third kappa shape index (κ3) is 6.22. The van der Waals surface area contributed by atoms with E-state index in [2.05, 4.69) is 16.1 Å². The number of terminal acetylenes is 1. The van der Waals surface area contributed by atoms with Gasteiger partial charge in [-0.2, -0.15) is 0 Å². The highest BCUT2D eigenvalue weighted by Gasteiger charge is 2.18. The Hall–Kier alpha value is -3.61. The number of aliphatic carboxylic acids is 1. The summed E-state index contributed by atoms with van der Waals surface area (Å²) in [4.78, 5) is 11.8. The number of hydrogen-bond donors (Lipinski definition) is 1. The molecule has 170 valence electrons. The lowest BCUT2D eigenvalue weighted by atomic mass is 10.2. The molecule has 1 aromatic heterocycles. The quantitative estimate of drug-likeness (QED) is 0.240. The molecule has 33 heavy (non-hydrogen) atoms. The van der Waals surface area contributed by atoms with E-state index < -0.39 is 5.97 Å². The highest BCUT2D eigenvalue weighted by molar-refractivity contribution is 8.03. The van der Waals surface area contributed by atoms with Gasteiger partial charge in [0.25, 0.3) is 11.1 Å². The molecule has 3 rings (SSSR count). The Labute approximate surface area is 199 Å². The molecule has 0 amide bonds. The minimum Gasteiger partial charge on any atom is -0.496 e. The van der Waals surface area contributed by atoms with E-state index in [1.807, 2.05) is 6.92 Å². The molecule has 10 heteroatoms. The fourth-order valence-electron chi connectivity index (χ4n) is 2.71. The number of methoxy groups -OCH3 is 1. The van der Waals surface area contributed by atoms with Crippen molar-refractivity contribution in [3.05, 3.63) is 51.9 Å². The van der Waals surface area contributed by atoms with Gasteiger partial charge in [-0.3, -0.25) is 0 Å². The molecule has 1 N–H and O–H groups in total. The van der Waals surface area contributed by atoms with Crippen LogP contribution in [-0.2, 0) is 4.79 Å². The Morgan fingerprint density at radius 3 is 2.70 bits per heavy atom. The van der Waals surface area contributed by atoms with Crippen molar-refractivity contribution in [3.8, 4) is 41.0 Å². The summed E-state index contributed by atoms with van der Waals surface area (Å²) < 4.78 is 22.0. The van der Waals surface area contributed by atoms with Crippen LogP contribution in [0.4, 0.5) is 0 Å². The zero-order valence-electron chi connectivity index (χ0n) is 17.7. The third-order valence-corrected chi connectivity index (χ3v) is 5.17. The van der Waals surface area contributed by atoms with Crippen LogP contribution in [-0.4, -0.2) is 41.6 Å². The number of halogens is 1. The molecule has 0 aliphatic heterocycles. The van der Waals surface area contributed by atoms with Gasteiger partial charge in [-0.15, -0.1) is 16.6 Å². The second kappa shape index (κ2) is 11.3. The van der Waals surface area contributed by atoms with Crippen molar-refractivity contribution in [2.75, 3.05) is 20.3 Å². The SMILES string of the molecule is C#CCOc1ccc(/C=C(\Sc2nnc(-c3cc(Cl)ccc3OC)o2)C(=O)O)cc1OCC. The van der Waals surface area contributed by atoms with Gasteiger partial charge in [-0.25, -0.2) is 4.79 Å². The number of carboxylic acid groups (broad SMARTS) is 1. The average molecular weight is 487 g/mol. The van der Waals surface area contributed by atoms with E-state index in [-0.39, 0.29) is 22.6 Å². The zero-order chi connectivity index (χ0) is 23.8. The number of thioether (sulfide) groups is 1. The number of nitrogens with zero attached hydrogens (tertiary/aromatic N) is 2. The number of carboxylic acids is 1. The number of benzene rings is 2. The summed E-state index contributed by atoms with van der Waals surface area (Å²) in [6.07, 6.45) is 6.70. The fraction of sp³-hybridized carbons (Fsp3) is 0.174. The molecule has 0 bridgehead atoms. The highest BCUT2D eigenvalue weighted by atomic mass is 35.5. The molecule has 0 aliphatic carbocycles. The van der Waals surface area contributed by atoms with Gasteiger partial charge in [-0.1, -0.05) is 23.6 Å². The van der Waals surface area contributed by atoms with Crippen molar-refractivity contribution in [3.63, 3.8) is 0 Å². The molecule has 0 spiro atoms. The Morgan fingerprint density at radius 1 is 1.21 bits per heavy atom. The molecule has 0 atom stereocenters. The first-order valence-electron chi connectivity index (χ1n) is 9.58. The Morgan fingerprint density at radius 2 is 2.00 bits per heavy atom. The van der Waals surface area contributed by atoms with Crippen LogP contribution >= 0.6 is 23.4 Å². The Kier molecular flexibility index (Phi) is 8.24. The van der Waals surface area contributed by atoms with Gasteiger partial charge in [-0.05, 0) is 60.7 Å². The summed E-state index contributed by atoms with van der Waals surface area (Å²) in [5, 5.41) is 18.1. The lowest BCUT2D eigenvalue weighted by molar-refractivity contribution is -0.131. The number of carbonyl (C=O) groups is 1. The Balaban J connectivity index is 1.88. The summed E-state index contributed by atoms with van der Waals surface area (Å²) in [6.45, 7) is 2.31. The lowest BCUT2D eigenvalue weighted by Gasteiger charge is -2.11. The first-order valence-corrected chi connectivity index (χ1v) is 10.8. The molecule has 3 aromatic rings. The number of hydrogen-bond acceptors (Lipinski definition) is 8. The van der Waals surface area contributed by atoms with E-state index in [4.69, 9.17) is 36.7 Å². The van der Waals surface area contributed by atoms with Crippen molar-refractivity contribution >= 4 is 35.4 Å². The van der Waals surface area contributed by atoms with Crippen LogP contribution in [0.5, 0.6) is 17.2 Å². The molecule has 0 unspecified atom stereocenters. The van der Waals surface area contributed by atoms with E-state index in [0.29, 0.717) is 40.0 Å². The van der Waals surface area contributed by atoms with Gasteiger partial charge in [0.15, 0.2) is 11.5 Å². The standard InChI is InChI=1S/C23H19ClN2O6S/c1-4-10-31-18-8-6-14(11-19(18)30-5-2)12-20(22(27)28)33-23-26-25-21(32-23)16-13-15(24)7-9-17(16)29-3/h1,6-9,11-13H,5,10H2,2-3H3,(H,27,28)/b20-12-. The second-order valence-electron chi connectivity index (χ2n) is 6.27. The zero-order valence-corrected chi connectivity index (χ0v) is 19.3. The maximum atomic E-state index is 11.9. The largest absolute Gasteiger partial charge is 0.496 e. The molecule has 2 aromatic carbocycles. The maximum Gasteiger partial charge on any atom is 0.342 e. The third-order valence-electron chi connectivity index (χ3n) is 4.08. The summed E-state index contributed by atoms with van der Waals surface area (Å²) >= 11 is 6.87. The van der Waals surface area contributed by atoms with Crippen LogP contribution in [0.15, 0.2) is 50.9 Å². The first kappa shape index (κ1) is 24.0. The molecule has 0 radical (unpaired) electrons. The van der Waals surface area contributed by atoms with Crippen molar-refractivity contribution < 1.29 is 28.5 Å². The monoisotopic (exact) mass is 486 g/mol. The van der Waals surface area contributed by atoms with Crippen LogP contribution in [0.3, 0.4) is 0 Å². The van der Waals surface area contributed by atoms with Crippen molar-refractivity contribution in [1.82, 2.24) is 10.2 Å². The van der Waals surface area contributed by atoms with Gasteiger partial charge in [0.2, 0.25) is 0 Å². The van der Waals surface area contributed by atoms with Crippen molar-refractivity contribution in [2.24, 2.45) is 0 Å². The maximum absolute atomic E-state index is 11.9. The number of rotatable bonds is 10. The molecule has 0 fully saturated rings. The Bertz CT molecular complexity index is 1220. The van der Waals surface area contributed by atoms with Crippen LogP contribution in [0.1, 0.15) is 12.5 Å². The predicted octanol–water partition coefficient (Wildman–Crippen LogP) is 5.03. The van der Waals surface area contributed by atoms with Crippen molar-refractivity contribution in [1.29, 1.82) is 0 Å². The second-order valence-corrected chi connectivity index (χ2v) is 7.70. The normalized spacial score (nSPS) is 11.0. The van der Waals surface area contributed by atoms with Gasteiger partial charge in [0.1, 0.15) is 17.3 Å². The van der Waals surface area contributed by atoms with Gasteiger partial charge in [0, 0.05) is 5.02 Å². The van der Waals surface area contributed by atoms with E-state index in [0.717, 1.165) is 11.8 Å². The van der Waals surface area contributed by atoms with Crippen LogP contribution < -0.4 is 14.2 Å². The fourth-order valence-corrected chi connectivity index (χ4v) is 3.55. The summed E-state index contributed by atoms with van der Waals surface area (Å²) in [5.41, 5.74) is 1.07. The molecular formula is C23H19ClN2O6S. The van der Waals surface area contributed by atoms with Gasteiger partial charge < -0.3 is 23.7 Å². The van der Waals surface area contributed by atoms with Gasteiger partial charge >= 0.3 is 5.97 Å². The van der Waals surface area contributed by atoms with Crippen LogP contribution in [0.2, 0.25) is 5.02 Å².